The number of rotatable bonds is 6. The van der Waals surface area contributed by atoms with E-state index in [0.717, 1.165) is 23.2 Å². The fraction of sp³-hybridized carbons (Fsp3) is 0.500. The lowest BCUT2D eigenvalue weighted by Crippen LogP contribution is -2.25. The van der Waals surface area contributed by atoms with Crippen molar-refractivity contribution in [1.29, 1.82) is 0 Å². The smallest absolute Gasteiger partial charge is 0.313 e. The Morgan fingerprint density at radius 2 is 2.12 bits per heavy atom. The van der Waals surface area contributed by atoms with Crippen molar-refractivity contribution >= 4 is 23.6 Å². The number of aromatic nitrogens is 1. The molecule has 7 heteroatoms. The number of thioether (sulfide) groups is 1. The molecule has 0 aliphatic rings. The molecule has 0 radical (unpaired) electrons. The van der Waals surface area contributed by atoms with Gasteiger partial charge in [-0.25, -0.2) is 4.98 Å². The Hall–Kier alpha value is -1.50. The van der Waals surface area contributed by atoms with E-state index in [1.54, 1.807) is 6.92 Å². The minimum Gasteiger partial charge on any atom is -0.481 e. The van der Waals surface area contributed by atoms with E-state index in [2.05, 4.69) is 10.3 Å². The van der Waals surface area contributed by atoms with E-state index in [0.29, 0.717) is 5.89 Å². The molecule has 94 valence electrons. The molecule has 1 heterocycles. The lowest BCUT2D eigenvalue weighted by atomic mass is 10.4. The van der Waals surface area contributed by atoms with Crippen LogP contribution in [0.2, 0.25) is 0 Å². The van der Waals surface area contributed by atoms with Crippen molar-refractivity contribution in [2.75, 3.05) is 11.5 Å². The third-order valence-corrected chi connectivity index (χ3v) is 2.89. The number of carbonyl (C=O) groups excluding carboxylic acids is 1. The minimum absolute atomic E-state index is 0.0787. The molecule has 6 nitrogen and oxygen atoms in total. The number of aliphatic carboxylic acids is 1. The van der Waals surface area contributed by atoms with Crippen molar-refractivity contribution < 1.29 is 19.1 Å². The average Bonchev–Trinajstić information content (AvgIpc) is 2.55. The number of carboxylic acids is 1. The number of carbonyl (C=O) groups is 2. The Labute approximate surface area is 103 Å². The van der Waals surface area contributed by atoms with Gasteiger partial charge in [-0.05, 0) is 13.8 Å². The third-order valence-electron chi connectivity index (χ3n) is 1.97. The lowest BCUT2D eigenvalue weighted by Gasteiger charge is -2.01. The zero-order valence-corrected chi connectivity index (χ0v) is 10.5. The SMILES string of the molecule is Cc1nc(CNC(=O)CSCC(=O)O)oc1C. The van der Waals surface area contributed by atoms with Crippen LogP contribution in [0, 0.1) is 13.8 Å². The second-order valence-electron chi connectivity index (χ2n) is 3.41. The van der Waals surface area contributed by atoms with Crippen LogP contribution in [0.15, 0.2) is 4.42 Å². The van der Waals surface area contributed by atoms with Crippen molar-refractivity contribution in [3.63, 3.8) is 0 Å². The Morgan fingerprint density at radius 3 is 2.65 bits per heavy atom. The van der Waals surface area contributed by atoms with Gasteiger partial charge in [-0.15, -0.1) is 11.8 Å². The standard InChI is InChI=1S/C10H14N2O4S/c1-6-7(2)16-9(12-6)3-11-8(13)4-17-5-10(14)15/h3-5H2,1-2H3,(H,11,13)(H,14,15). The molecule has 0 saturated carbocycles. The summed E-state index contributed by atoms with van der Waals surface area (Å²) < 4.78 is 5.28. The summed E-state index contributed by atoms with van der Waals surface area (Å²) in [6, 6.07) is 0. The zero-order chi connectivity index (χ0) is 12.8. The first-order valence-electron chi connectivity index (χ1n) is 4.98. The highest BCUT2D eigenvalue weighted by Gasteiger charge is 2.08. The number of hydrogen-bond acceptors (Lipinski definition) is 5. The molecule has 0 saturated heterocycles. The van der Waals surface area contributed by atoms with Crippen LogP contribution >= 0.6 is 11.8 Å². The van der Waals surface area contributed by atoms with Gasteiger partial charge in [0.25, 0.3) is 0 Å². The molecule has 1 rings (SSSR count). The number of amides is 1. The van der Waals surface area contributed by atoms with Crippen LogP contribution in [-0.2, 0) is 16.1 Å². The van der Waals surface area contributed by atoms with E-state index >= 15 is 0 Å². The summed E-state index contributed by atoms with van der Waals surface area (Å²) in [6.07, 6.45) is 0. The number of aryl methyl sites for hydroxylation is 2. The molecule has 0 unspecified atom stereocenters. The van der Waals surface area contributed by atoms with Gasteiger partial charge in [0.2, 0.25) is 11.8 Å². The van der Waals surface area contributed by atoms with Crippen molar-refractivity contribution in [2.24, 2.45) is 0 Å². The fourth-order valence-electron chi connectivity index (χ4n) is 1.07. The van der Waals surface area contributed by atoms with Crippen LogP contribution in [-0.4, -0.2) is 33.5 Å². The molecule has 2 N–H and O–H groups in total. The molecule has 0 aliphatic carbocycles. The molecule has 0 aliphatic heterocycles. The molecule has 1 aromatic rings. The highest BCUT2D eigenvalue weighted by molar-refractivity contribution is 8.00. The first-order chi connectivity index (χ1) is 7.99. The number of nitrogens with one attached hydrogen (secondary N) is 1. The Morgan fingerprint density at radius 1 is 1.41 bits per heavy atom. The van der Waals surface area contributed by atoms with E-state index in [1.165, 1.54) is 0 Å². The van der Waals surface area contributed by atoms with Gasteiger partial charge in [0, 0.05) is 0 Å². The molecule has 17 heavy (non-hydrogen) atoms. The van der Waals surface area contributed by atoms with Crippen molar-refractivity contribution in [1.82, 2.24) is 10.3 Å². The summed E-state index contributed by atoms with van der Waals surface area (Å²) >= 11 is 1.05. The van der Waals surface area contributed by atoms with Crippen LogP contribution in [0.1, 0.15) is 17.3 Å². The van der Waals surface area contributed by atoms with Gasteiger partial charge in [0.15, 0.2) is 0 Å². The van der Waals surface area contributed by atoms with Gasteiger partial charge in [0.05, 0.1) is 23.7 Å². The van der Waals surface area contributed by atoms with E-state index in [-0.39, 0.29) is 24.0 Å². The maximum atomic E-state index is 11.3. The fourth-order valence-corrected chi connectivity index (χ4v) is 1.64. The Bertz CT molecular complexity index is 397. The Balaban J connectivity index is 2.26. The number of hydrogen-bond donors (Lipinski definition) is 2. The highest BCUT2D eigenvalue weighted by atomic mass is 32.2. The summed E-state index contributed by atoms with van der Waals surface area (Å²) in [5, 5.41) is 11.0. The quantitative estimate of drug-likeness (QED) is 0.781. The summed E-state index contributed by atoms with van der Waals surface area (Å²) in [5.41, 5.74) is 0.800. The maximum Gasteiger partial charge on any atom is 0.313 e. The van der Waals surface area contributed by atoms with Gasteiger partial charge in [-0.2, -0.15) is 0 Å². The van der Waals surface area contributed by atoms with Crippen LogP contribution in [0.3, 0.4) is 0 Å². The first-order valence-corrected chi connectivity index (χ1v) is 6.13. The van der Waals surface area contributed by atoms with E-state index < -0.39 is 5.97 Å². The van der Waals surface area contributed by atoms with Gasteiger partial charge >= 0.3 is 5.97 Å². The average molecular weight is 258 g/mol. The van der Waals surface area contributed by atoms with Crippen LogP contribution < -0.4 is 5.32 Å². The summed E-state index contributed by atoms with van der Waals surface area (Å²) in [5.74, 6) is 0.0629. The van der Waals surface area contributed by atoms with E-state index in [1.807, 2.05) is 6.92 Å². The van der Waals surface area contributed by atoms with Gasteiger partial charge in [-0.3, -0.25) is 9.59 Å². The molecule has 0 atom stereocenters. The van der Waals surface area contributed by atoms with E-state index in [4.69, 9.17) is 9.52 Å². The van der Waals surface area contributed by atoms with Gasteiger partial charge in [0.1, 0.15) is 5.76 Å². The topological polar surface area (TPSA) is 92.4 Å². The molecule has 1 aromatic heterocycles. The molecule has 0 spiro atoms. The second-order valence-corrected chi connectivity index (χ2v) is 4.40. The molecule has 1 amide bonds. The normalized spacial score (nSPS) is 10.2. The highest BCUT2D eigenvalue weighted by Crippen LogP contribution is 2.07. The number of carboxylic acid groups (broad SMARTS) is 1. The number of oxazole rings is 1. The van der Waals surface area contributed by atoms with Crippen LogP contribution in [0.4, 0.5) is 0 Å². The summed E-state index contributed by atoms with van der Waals surface area (Å²) in [4.78, 5) is 25.6. The van der Waals surface area contributed by atoms with E-state index in [9.17, 15) is 9.59 Å². The lowest BCUT2D eigenvalue weighted by molar-refractivity contribution is -0.133. The molecule has 0 aromatic carbocycles. The molecule has 0 bridgehead atoms. The van der Waals surface area contributed by atoms with Crippen LogP contribution in [0.25, 0.3) is 0 Å². The van der Waals surface area contributed by atoms with Gasteiger partial charge in [-0.1, -0.05) is 0 Å². The second kappa shape index (κ2) is 6.29. The van der Waals surface area contributed by atoms with Crippen LogP contribution in [0.5, 0.6) is 0 Å². The van der Waals surface area contributed by atoms with Crippen molar-refractivity contribution in [3.8, 4) is 0 Å². The molecule has 0 fully saturated rings. The molecular weight excluding hydrogens is 244 g/mol. The van der Waals surface area contributed by atoms with Crippen molar-refractivity contribution in [2.45, 2.75) is 20.4 Å². The maximum absolute atomic E-state index is 11.3. The number of nitrogens with zero attached hydrogens (tertiary/aromatic N) is 1. The monoisotopic (exact) mass is 258 g/mol. The summed E-state index contributed by atoms with van der Waals surface area (Å²) in [7, 11) is 0. The third kappa shape index (κ3) is 4.90. The largest absolute Gasteiger partial charge is 0.481 e. The predicted molar refractivity (Wildman–Crippen MR) is 62.8 cm³/mol. The minimum atomic E-state index is -0.929. The molecular formula is C10H14N2O4S. The summed E-state index contributed by atoms with van der Waals surface area (Å²) in [6.45, 7) is 3.85. The zero-order valence-electron chi connectivity index (χ0n) is 9.65. The predicted octanol–water partition coefficient (Wildman–Crippen LogP) is 0.725. The first kappa shape index (κ1) is 13.6. The van der Waals surface area contributed by atoms with Gasteiger partial charge < -0.3 is 14.8 Å². The van der Waals surface area contributed by atoms with Crippen molar-refractivity contribution in [3.05, 3.63) is 17.3 Å². The Kier molecular flexibility index (Phi) is 5.02.